The Bertz CT molecular complexity index is 598. The summed E-state index contributed by atoms with van der Waals surface area (Å²) in [5.74, 6) is -0.362. The predicted molar refractivity (Wildman–Crippen MR) is 92.7 cm³/mol. The minimum Gasteiger partial charge on any atom is -0.354 e. The number of anilines is 1. The minimum absolute atomic E-state index is 0.0656. The van der Waals surface area contributed by atoms with E-state index in [1.54, 1.807) is 29.2 Å². The van der Waals surface area contributed by atoms with Crippen LogP contribution in [0.5, 0.6) is 0 Å². The van der Waals surface area contributed by atoms with E-state index < -0.39 is 0 Å². The highest BCUT2D eigenvalue weighted by molar-refractivity contribution is 5.98. The van der Waals surface area contributed by atoms with Gasteiger partial charge in [0.05, 0.1) is 0 Å². The monoisotopic (exact) mass is 331 g/mol. The van der Waals surface area contributed by atoms with Gasteiger partial charge >= 0.3 is 0 Å². The Morgan fingerprint density at radius 2 is 1.92 bits per heavy atom. The standard InChI is InChI=1S/C18H25N3O3/c1-3-4-11-19-17(23)16-6-5-12-21(16)18(24)14-7-9-15(10-8-14)20-13(2)22/h7-10,16H,3-6,11-12H2,1-2H3,(H,19,23)(H,20,22)/t16-/m1/s1. The molecule has 0 radical (unpaired) electrons. The zero-order valence-corrected chi connectivity index (χ0v) is 14.3. The number of likely N-dealkylation sites (tertiary alicyclic amines) is 1. The predicted octanol–water partition coefficient (Wildman–Crippen LogP) is 2.17. The van der Waals surface area contributed by atoms with Crippen LogP contribution in [0.2, 0.25) is 0 Å². The highest BCUT2D eigenvalue weighted by Gasteiger charge is 2.34. The van der Waals surface area contributed by atoms with Gasteiger partial charge in [-0.3, -0.25) is 14.4 Å². The summed E-state index contributed by atoms with van der Waals surface area (Å²) in [7, 11) is 0. The highest BCUT2D eigenvalue weighted by atomic mass is 16.2. The smallest absolute Gasteiger partial charge is 0.254 e. The molecule has 0 aromatic heterocycles. The average molecular weight is 331 g/mol. The number of hydrogen-bond acceptors (Lipinski definition) is 3. The van der Waals surface area contributed by atoms with Crippen molar-refractivity contribution >= 4 is 23.4 Å². The summed E-state index contributed by atoms with van der Waals surface area (Å²) in [5.41, 5.74) is 1.17. The zero-order valence-electron chi connectivity index (χ0n) is 14.3. The van der Waals surface area contributed by atoms with Crippen molar-refractivity contribution in [3.05, 3.63) is 29.8 Å². The first-order chi connectivity index (χ1) is 11.5. The first-order valence-electron chi connectivity index (χ1n) is 8.49. The molecule has 6 nitrogen and oxygen atoms in total. The normalized spacial score (nSPS) is 16.8. The second kappa shape index (κ2) is 8.47. The number of hydrogen-bond donors (Lipinski definition) is 2. The van der Waals surface area contributed by atoms with Gasteiger partial charge in [-0.2, -0.15) is 0 Å². The molecule has 2 N–H and O–H groups in total. The minimum atomic E-state index is -0.385. The van der Waals surface area contributed by atoms with Crippen molar-refractivity contribution in [2.75, 3.05) is 18.4 Å². The van der Waals surface area contributed by atoms with Crippen LogP contribution < -0.4 is 10.6 Å². The third kappa shape index (κ3) is 4.57. The first-order valence-corrected chi connectivity index (χ1v) is 8.49. The summed E-state index contributed by atoms with van der Waals surface area (Å²) in [4.78, 5) is 37.7. The molecule has 0 unspecified atom stereocenters. The Balaban J connectivity index is 2.02. The van der Waals surface area contributed by atoms with E-state index in [0.29, 0.717) is 30.8 Å². The van der Waals surface area contributed by atoms with Crippen LogP contribution in [0.4, 0.5) is 5.69 Å². The molecular formula is C18H25N3O3. The van der Waals surface area contributed by atoms with Crippen molar-refractivity contribution in [1.29, 1.82) is 0 Å². The van der Waals surface area contributed by atoms with Crippen molar-refractivity contribution in [2.45, 2.75) is 45.6 Å². The molecule has 3 amide bonds. The lowest BCUT2D eigenvalue weighted by atomic mass is 10.1. The van der Waals surface area contributed by atoms with Gasteiger partial charge in [-0.15, -0.1) is 0 Å². The summed E-state index contributed by atoms with van der Waals surface area (Å²) in [5, 5.41) is 5.58. The van der Waals surface area contributed by atoms with Crippen molar-refractivity contribution in [3.8, 4) is 0 Å². The van der Waals surface area contributed by atoms with Gasteiger partial charge in [-0.05, 0) is 43.5 Å². The Hall–Kier alpha value is -2.37. The number of amides is 3. The fourth-order valence-corrected chi connectivity index (χ4v) is 2.85. The molecule has 1 atom stereocenters. The molecule has 0 bridgehead atoms. The van der Waals surface area contributed by atoms with Crippen LogP contribution in [0.25, 0.3) is 0 Å². The van der Waals surface area contributed by atoms with Gasteiger partial charge in [0.2, 0.25) is 11.8 Å². The number of rotatable bonds is 6. The molecule has 6 heteroatoms. The fourth-order valence-electron chi connectivity index (χ4n) is 2.85. The molecule has 2 rings (SSSR count). The van der Waals surface area contributed by atoms with E-state index in [9.17, 15) is 14.4 Å². The van der Waals surface area contributed by atoms with Crippen molar-refractivity contribution in [3.63, 3.8) is 0 Å². The highest BCUT2D eigenvalue weighted by Crippen LogP contribution is 2.21. The van der Waals surface area contributed by atoms with Crippen LogP contribution >= 0.6 is 0 Å². The number of nitrogens with one attached hydrogen (secondary N) is 2. The summed E-state index contributed by atoms with van der Waals surface area (Å²) < 4.78 is 0. The molecule has 1 saturated heterocycles. The number of carbonyl (C=O) groups excluding carboxylic acids is 3. The Morgan fingerprint density at radius 3 is 2.54 bits per heavy atom. The SMILES string of the molecule is CCCCNC(=O)[C@H]1CCCN1C(=O)c1ccc(NC(C)=O)cc1. The van der Waals surface area contributed by atoms with Gasteiger partial charge in [0.1, 0.15) is 6.04 Å². The molecular weight excluding hydrogens is 306 g/mol. The number of unbranched alkanes of at least 4 members (excludes halogenated alkanes) is 1. The summed E-state index contributed by atoms with van der Waals surface area (Å²) in [6.07, 6.45) is 3.50. The van der Waals surface area contributed by atoms with E-state index in [-0.39, 0.29) is 23.8 Å². The van der Waals surface area contributed by atoms with Gasteiger partial charge in [-0.1, -0.05) is 13.3 Å². The maximum Gasteiger partial charge on any atom is 0.254 e. The molecule has 24 heavy (non-hydrogen) atoms. The molecule has 0 spiro atoms. The lowest BCUT2D eigenvalue weighted by Gasteiger charge is -2.24. The molecule has 0 saturated carbocycles. The van der Waals surface area contributed by atoms with E-state index in [2.05, 4.69) is 17.6 Å². The van der Waals surface area contributed by atoms with E-state index in [1.807, 2.05) is 0 Å². The Morgan fingerprint density at radius 1 is 1.21 bits per heavy atom. The third-order valence-electron chi connectivity index (χ3n) is 4.10. The van der Waals surface area contributed by atoms with E-state index in [1.165, 1.54) is 6.92 Å². The van der Waals surface area contributed by atoms with Crippen LogP contribution in [-0.4, -0.2) is 41.8 Å². The molecule has 1 fully saturated rings. The Kier molecular flexibility index (Phi) is 6.35. The zero-order chi connectivity index (χ0) is 17.5. The second-order valence-electron chi connectivity index (χ2n) is 6.06. The maximum absolute atomic E-state index is 12.7. The molecule has 0 aliphatic carbocycles. The molecule has 1 aliphatic heterocycles. The summed E-state index contributed by atoms with van der Waals surface area (Å²) in [6, 6.07) is 6.36. The summed E-state index contributed by atoms with van der Waals surface area (Å²) >= 11 is 0. The van der Waals surface area contributed by atoms with Crippen LogP contribution in [-0.2, 0) is 9.59 Å². The van der Waals surface area contributed by atoms with E-state index in [4.69, 9.17) is 0 Å². The lowest BCUT2D eigenvalue weighted by Crippen LogP contribution is -2.46. The average Bonchev–Trinajstić information content (AvgIpc) is 3.04. The first kappa shape index (κ1) is 18.0. The second-order valence-corrected chi connectivity index (χ2v) is 6.06. The van der Waals surface area contributed by atoms with Crippen molar-refractivity contribution in [2.24, 2.45) is 0 Å². The fraction of sp³-hybridized carbons (Fsp3) is 0.500. The van der Waals surface area contributed by atoms with Gasteiger partial charge in [-0.25, -0.2) is 0 Å². The molecule has 1 heterocycles. The van der Waals surface area contributed by atoms with E-state index >= 15 is 0 Å². The van der Waals surface area contributed by atoms with Crippen LogP contribution in [0.15, 0.2) is 24.3 Å². The number of nitrogens with zero attached hydrogens (tertiary/aromatic N) is 1. The Labute approximate surface area is 142 Å². The molecule has 1 aliphatic rings. The van der Waals surface area contributed by atoms with Gasteiger partial charge < -0.3 is 15.5 Å². The molecule has 1 aromatic rings. The largest absolute Gasteiger partial charge is 0.354 e. The van der Waals surface area contributed by atoms with Gasteiger partial charge in [0.25, 0.3) is 5.91 Å². The topological polar surface area (TPSA) is 78.5 Å². The van der Waals surface area contributed by atoms with E-state index in [0.717, 1.165) is 19.3 Å². The quantitative estimate of drug-likeness (QED) is 0.784. The third-order valence-corrected chi connectivity index (χ3v) is 4.10. The van der Waals surface area contributed by atoms with Gasteiger partial charge in [0.15, 0.2) is 0 Å². The van der Waals surface area contributed by atoms with Crippen LogP contribution in [0.3, 0.4) is 0 Å². The lowest BCUT2D eigenvalue weighted by molar-refractivity contribution is -0.124. The van der Waals surface area contributed by atoms with Crippen molar-refractivity contribution < 1.29 is 14.4 Å². The number of benzene rings is 1. The van der Waals surface area contributed by atoms with Gasteiger partial charge in [0, 0.05) is 31.3 Å². The summed E-state index contributed by atoms with van der Waals surface area (Å²) in [6.45, 7) is 4.75. The maximum atomic E-state index is 12.7. The van der Waals surface area contributed by atoms with Crippen molar-refractivity contribution in [1.82, 2.24) is 10.2 Å². The van der Waals surface area contributed by atoms with Crippen LogP contribution in [0.1, 0.15) is 49.9 Å². The van der Waals surface area contributed by atoms with Crippen LogP contribution in [0, 0.1) is 0 Å². The molecule has 130 valence electrons. The number of carbonyl (C=O) groups is 3. The molecule has 1 aromatic carbocycles.